The van der Waals surface area contributed by atoms with Gasteiger partial charge in [-0.2, -0.15) is 0 Å². The van der Waals surface area contributed by atoms with Crippen molar-refractivity contribution in [2.75, 3.05) is 19.6 Å². The third kappa shape index (κ3) is 2.61. The van der Waals surface area contributed by atoms with Crippen LogP contribution in [0.1, 0.15) is 22.5 Å². The standard InChI is InChI=1S/C12H15N3O2/c1-9-10(3-2-5-13-9)12(17)15-7-4-11(16)14-6-8-15/h2-3,5H,4,6-8H2,1H3,(H,14,16). The monoisotopic (exact) mass is 233 g/mol. The lowest BCUT2D eigenvalue weighted by Gasteiger charge is -2.20. The van der Waals surface area contributed by atoms with Crippen LogP contribution < -0.4 is 5.32 Å². The molecular weight excluding hydrogens is 218 g/mol. The summed E-state index contributed by atoms with van der Waals surface area (Å²) in [7, 11) is 0. The van der Waals surface area contributed by atoms with Crippen molar-refractivity contribution in [3.05, 3.63) is 29.6 Å². The SMILES string of the molecule is Cc1ncccc1C(=O)N1CCNC(=O)CC1. The topological polar surface area (TPSA) is 62.3 Å². The highest BCUT2D eigenvalue weighted by Gasteiger charge is 2.20. The molecule has 2 heterocycles. The summed E-state index contributed by atoms with van der Waals surface area (Å²) in [5.74, 6) is -0.0460. The number of nitrogens with zero attached hydrogens (tertiary/aromatic N) is 2. The van der Waals surface area contributed by atoms with E-state index in [2.05, 4.69) is 10.3 Å². The minimum absolute atomic E-state index is 0.00297. The molecule has 0 unspecified atom stereocenters. The van der Waals surface area contributed by atoms with Crippen molar-refractivity contribution in [3.63, 3.8) is 0 Å². The summed E-state index contributed by atoms with van der Waals surface area (Å²) in [6.07, 6.45) is 2.03. The molecule has 0 spiro atoms. The van der Waals surface area contributed by atoms with E-state index >= 15 is 0 Å². The van der Waals surface area contributed by atoms with Crippen LogP contribution in [0.5, 0.6) is 0 Å². The van der Waals surface area contributed by atoms with Crippen LogP contribution in [0.25, 0.3) is 0 Å². The fourth-order valence-corrected chi connectivity index (χ4v) is 1.85. The van der Waals surface area contributed by atoms with E-state index in [4.69, 9.17) is 0 Å². The Balaban J connectivity index is 2.14. The Bertz CT molecular complexity index is 445. The molecule has 0 radical (unpaired) electrons. The van der Waals surface area contributed by atoms with Crippen LogP contribution in [0.15, 0.2) is 18.3 Å². The summed E-state index contributed by atoms with van der Waals surface area (Å²) in [6.45, 7) is 3.36. The van der Waals surface area contributed by atoms with Crippen LogP contribution in [-0.2, 0) is 4.79 Å². The normalized spacial score (nSPS) is 16.3. The molecule has 1 aromatic heterocycles. The first kappa shape index (κ1) is 11.6. The molecule has 1 saturated heterocycles. The first-order valence-electron chi connectivity index (χ1n) is 5.66. The largest absolute Gasteiger partial charge is 0.354 e. The van der Waals surface area contributed by atoms with Gasteiger partial charge in [0.15, 0.2) is 0 Å². The Labute approximate surface area is 99.8 Å². The highest BCUT2D eigenvalue weighted by atomic mass is 16.2. The number of rotatable bonds is 1. The molecular formula is C12H15N3O2. The summed E-state index contributed by atoms with van der Waals surface area (Å²) < 4.78 is 0. The Kier molecular flexibility index (Phi) is 3.37. The summed E-state index contributed by atoms with van der Waals surface area (Å²) in [5, 5.41) is 2.75. The van der Waals surface area contributed by atoms with Crippen molar-refractivity contribution in [1.29, 1.82) is 0 Å². The van der Waals surface area contributed by atoms with Crippen molar-refractivity contribution in [1.82, 2.24) is 15.2 Å². The zero-order valence-electron chi connectivity index (χ0n) is 9.77. The van der Waals surface area contributed by atoms with Crippen LogP contribution in [0.2, 0.25) is 0 Å². The molecule has 90 valence electrons. The van der Waals surface area contributed by atoms with E-state index in [9.17, 15) is 9.59 Å². The molecule has 2 amide bonds. The number of nitrogens with one attached hydrogen (secondary N) is 1. The quantitative estimate of drug-likeness (QED) is 0.761. The van der Waals surface area contributed by atoms with Crippen LogP contribution in [0.3, 0.4) is 0 Å². The maximum absolute atomic E-state index is 12.2. The summed E-state index contributed by atoms with van der Waals surface area (Å²) in [4.78, 5) is 29.2. The molecule has 1 fully saturated rings. The highest BCUT2D eigenvalue weighted by molar-refractivity contribution is 5.95. The average molecular weight is 233 g/mol. The average Bonchev–Trinajstić information content (AvgIpc) is 2.54. The number of carbonyl (C=O) groups is 2. The zero-order valence-corrected chi connectivity index (χ0v) is 9.77. The molecule has 1 aliphatic heterocycles. The van der Waals surface area contributed by atoms with Crippen LogP contribution in [-0.4, -0.2) is 41.3 Å². The summed E-state index contributed by atoms with van der Waals surface area (Å²) in [6, 6.07) is 3.52. The van der Waals surface area contributed by atoms with E-state index in [1.54, 1.807) is 23.2 Å². The minimum Gasteiger partial charge on any atom is -0.354 e. The van der Waals surface area contributed by atoms with Gasteiger partial charge >= 0.3 is 0 Å². The van der Waals surface area contributed by atoms with Gasteiger partial charge in [0.2, 0.25) is 5.91 Å². The van der Waals surface area contributed by atoms with Gasteiger partial charge in [-0.3, -0.25) is 14.6 Å². The number of amides is 2. The van der Waals surface area contributed by atoms with Gasteiger partial charge < -0.3 is 10.2 Å². The molecule has 5 nitrogen and oxygen atoms in total. The lowest BCUT2D eigenvalue weighted by Crippen LogP contribution is -2.34. The third-order valence-corrected chi connectivity index (χ3v) is 2.84. The highest BCUT2D eigenvalue weighted by Crippen LogP contribution is 2.09. The van der Waals surface area contributed by atoms with Gasteiger partial charge in [0.05, 0.1) is 5.56 Å². The van der Waals surface area contributed by atoms with Gasteiger partial charge in [-0.1, -0.05) is 0 Å². The van der Waals surface area contributed by atoms with Crippen molar-refractivity contribution in [3.8, 4) is 0 Å². The maximum Gasteiger partial charge on any atom is 0.255 e. The van der Waals surface area contributed by atoms with E-state index in [-0.39, 0.29) is 11.8 Å². The molecule has 0 aliphatic carbocycles. The molecule has 0 saturated carbocycles. The smallest absolute Gasteiger partial charge is 0.255 e. The van der Waals surface area contributed by atoms with Gasteiger partial charge in [0, 0.05) is 37.9 Å². The van der Waals surface area contributed by atoms with E-state index in [1.165, 1.54) is 0 Å². The molecule has 0 bridgehead atoms. The predicted molar refractivity (Wildman–Crippen MR) is 62.5 cm³/mol. The fraction of sp³-hybridized carbons (Fsp3) is 0.417. The lowest BCUT2D eigenvalue weighted by atomic mass is 10.2. The summed E-state index contributed by atoms with van der Waals surface area (Å²) in [5.41, 5.74) is 1.34. The number of hydrogen-bond acceptors (Lipinski definition) is 3. The Hall–Kier alpha value is -1.91. The molecule has 1 aliphatic rings. The molecule has 5 heteroatoms. The first-order chi connectivity index (χ1) is 8.18. The Morgan fingerprint density at radius 1 is 1.47 bits per heavy atom. The Morgan fingerprint density at radius 3 is 3.06 bits per heavy atom. The second kappa shape index (κ2) is 4.95. The Morgan fingerprint density at radius 2 is 2.29 bits per heavy atom. The molecule has 1 N–H and O–H groups in total. The molecule has 2 rings (SSSR count). The maximum atomic E-state index is 12.2. The number of carbonyl (C=O) groups excluding carboxylic acids is 2. The van der Waals surface area contributed by atoms with Gasteiger partial charge in [0.25, 0.3) is 5.91 Å². The zero-order chi connectivity index (χ0) is 12.3. The first-order valence-corrected chi connectivity index (χ1v) is 5.66. The van der Waals surface area contributed by atoms with Crippen LogP contribution in [0, 0.1) is 6.92 Å². The van der Waals surface area contributed by atoms with Crippen molar-refractivity contribution in [2.45, 2.75) is 13.3 Å². The van der Waals surface area contributed by atoms with Crippen molar-refractivity contribution >= 4 is 11.8 Å². The lowest BCUT2D eigenvalue weighted by molar-refractivity contribution is -0.120. The van der Waals surface area contributed by atoms with Gasteiger partial charge in [-0.25, -0.2) is 0 Å². The van der Waals surface area contributed by atoms with Crippen LogP contribution in [0.4, 0.5) is 0 Å². The number of aromatic nitrogens is 1. The van der Waals surface area contributed by atoms with E-state index in [0.717, 1.165) is 5.69 Å². The molecule has 1 aromatic rings. The van der Waals surface area contributed by atoms with Gasteiger partial charge in [-0.05, 0) is 19.1 Å². The molecule has 17 heavy (non-hydrogen) atoms. The van der Waals surface area contributed by atoms with E-state index < -0.39 is 0 Å². The summed E-state index contributed by atoms with van der Waals surface area (Å²) >= 11 is 0. The molecule has 0 atom stereocenters. The number of hydrogen-bond donors (Lipinski definition) is 1. The second-order valence-corrected chi connectivity index (χ2v) is 4.03. The fourth-order valence-electron chi connectivity index (χ4n) is 1.85. The predicted octanol–water partition coefficient (Wildman–Crippen LogP) is 0.352. The van der Waals surface area contributed by atoms with Crippen molar-refractivity contribution in [2.24, 2.45) is 0 Å². The number of pyridine rings is 1. The molecule has 0 aromatic carbocycles. The van der Waals surface area contributed by atoms with E-state index in [0.29, 0.717) is 31.6 Å². The van der Waals surface area contributed by atoms with Crippen LogP contribution >= 0.6 is 0 Å². The van der Waals surface area contributed by atoms with Gasteiger partial charge in [0.1, 0.15) is 0 Å². The second-order valence-electron chi connectivity index (χ2n) is 4.03. The number of aryl methyl sites for hydroxylation is 1. The van der Waals surface area contributed by atoms with Gasteiger partial charge in [-0.15, -0.1) is 0 Å². The van der Waals surface area contributed by atoms with E-state index in [1.807, 2.05) is 6.92 Å². The third-order valence-electron chi connectivity index (χ3n) is 2.84. The van der Waals surface area contributed by atoms with Crippen molar-refractivity contribution < 1.29 is 9.59 Å². The minimum atomic E-state index is -0.0490.